The lowest BCUT2D eigenvalue weighted by molar-refractivity contribution is 0.955. The summed E-state index contributed by atoms with van der Waals surface area (Å²) in [7, 11) is 0. The first kappa shape index (κ1) is 11.5. The number of pyridine rings is 1. The van der Waals surface area contributed by atoms with Gasteiger partial charge in [-0.3, -0.25) is 4.98 Å². The molecule has 1 nitrogen and oxygen atoms in total. The molecule has 0 aromatic carbocycles. The molecule has 0 radical (unpaired) electrons. The van der Waals surface area contributed by atoms with Crippen LogP contribution >= 0.6 is 0 Å². The minimum Gasteiger partial charge on any atom is -0.261 e. The Morgan fingerprint density at radius 1 is 1.60 bits per heavy atom. The SMILES string of the molecule is C#CCCc1ncccc1/C(C)=C\CC. The highest BCUT2D eigenvalue weighted by Crippen LogP contribution is 2.18. The van der Waals surface area contributed by atoms with E-state index >= 15 is 0 Å². The average molecular weight is 199 g/mol. The maximum absolute atomic E-state index is 5.27. The standard InChI is InChI=1S/C14H17N/c1-4-6-10-14-13(9-7-11-15-14)12(3)8-5-2/h1,7-9,11H,5-6,10H2,2-3H3/b12-8-. The second-order valence-corrected chi connectivity index (χ2v) is 3.50. The van der Waals surface area contributed by atoms with E-state index in [0.29, 0.717) is 0 Å². The van der Waals surface area contributed by atoms with Gasteiger partial charge in [-0.25, -0.2) is 0 Å². The van der Waals surface area contributed by atoms with Crippen molar-refractivity contribution in [2.24, 2.45) is 0 Å². The second kappa shape index (κ2) is 6.03. The number of allylic oxidation sites excluding steroid dienone is 2. The van der Waals surface area contributed by atoms with Crippen LogP contribution in [0.2, 0.25) is 0 Å². The Labute approximate surface area is 92.2 Å². The van der Waals surface area contributed by atoms with Crippen LogP contribution in [0.1, 0.15) is 37.9 Å². The summed E-state index contributed by atoms with van der Waals surface area (Å²) in [6.07, 6.45) is 12.0. The molecular formula is C14H17N. The van der Waals surface area contributed by atoms with Crippen LogP contribution in [-0.2, 0) is 6.42 Å². The molecule has 0 aliphatic heterocycles. The van der Waals surface area contributed by atoms with Crippen molar-refractivity contribution in [1.29, 1.82) is 0 Å². The quantitative estimate of drug-likeness (QED) is 0.677. The molecule has 0 spiro atoms. The Balaban J connectivity index is 2.96. The van der Waals surface area contributed by atoms with Crippen molar-refractivity contribution in [1.82, 2.24) is 4.98 Å². The molecule has 1 heteroatoms. The highest BCUT2D eigenvalue weighted by Gasteiger charge is 2.03. The third kappa shape index (κ3) is 3.25. The average Bonchev–Trinajstić information content (AvgIpc) is 2.27. The van der Waals surface area contributed by atoms with Crippen LogP contribution in [-0.4, -0.2) is 4.98 Å². The Morgan fingerprint density at radius 2 is 2.40 bits per heavy atom. The Kier molecular flexibility index (Phi) is 4.63. The third-order valence-electron chi connectivity index (χ3n) is 2.33. The molecule has 0 atom stereocenters. The number of nitrogens with zero attached hydrogens (tertiary/aromatic N) is 1. The summed E-state index contributed by atoms with van der Waals surface area (Å²) >= 11 is 0. The van der Waals surface area contributed by atoms with Gasteiger partial charge in [0.05, 0.1) is 0 Å². The number of hydrogen-bond acceptors (Lipinski definition) is 1. The monoisotopic (exact) mass is 199 g/mol. The van der Waals surface area contributed by atoms with Gasteiger partial charge in [-0.2, -0.15) is 0 Å². The van der Waals surface area contributed by atoms with E-state index in [1.54, 1.807) is 0 Å². The fourth-order valence-electron chi connectivity index (χ4n) is 1.60. The summed E-state index contributed by atoms with van der Waals surface area (Å²) in [5.74, 6) is 2.65. The Morgan fingerprint density at radius 3 is 3.07 bits per heavy atom. The Hall–Kier alpha value is -1.55. The first-order chi connectivity index (χ1) is 7.29. The fraction of sp³-hybridized carbons (Fsp3) is 0.357. The summed E-state index contributed by atoms with van der Waals surface area (Å²) in [4.78, 5) is 4.38. The summed E-state index contributed by atoms with van der Waals surface area (Å²) in [5.41, 5.74) is 3.63. The number of hydrogen-bond donors (Lipinski definition) is 0. The number of terminal acetylenes is 1. The molecule has 0 amide bonds. The largest absolute Gasteiger partial charge is 0.261 e. The van der Waals surface area contributed by atoms with E-state index in [2.05, 4.69) is 36.9 Å². The molecule has 0 bridgehead atoms. The van der Waals surface area contributed by atoms with Gasteiger partial charge >= 0.3 is 0 Å². The smallest absolute Gasteiger partial charge is 0.0487 e. The number of rotatable bonds is 4. The first-order valence-electron chi connectivity index (χ1n) is 5.34. The molecule has 0 aliphatic rings. The Bertz CT molecular complexity index is 383. The van der Waals surface area contributed by atoms with E-state index in [0.717, 1.165) is 25.0 Å². The van der Waals surface area contributed by atoms with Crippen molar-refractivity contribution in [3.8, 4) is 12.3 Å². The fourth-order valence-corrected chi connectivity index (χ4v) is 1.60. The van der Waals surface area contributed by atoms with Gasteiger partial charge in [0, 0.05) is 24.7 Å². The van der Waals surface area contributed by atoms with E-state index in [1.165, 1.54) is 11.1 Å². The van der Waals surface area contributed by atoms with Crippen LogP contribution < -0.4 is 0 Å². The van der Waals surface area contributed by atoms with Crippen LogP contribution in [0.25, 0.3) is 5.57 Å². The summed E-state index contributed by atoms with van der Waals surface area (Å²) in [6, 6.07) is 4.09. The van der Waals surface area contributed by atoms with Crippen LogP contribution in [0.4, 0.5) is 0 Å². The molecule has 0 unspecified atom stereocenters. The van der Waals surface area contributed by atoms with E-state index < -0.39 is 0 Å². The predicted octanol–water partition coefficient (Wildman–Crippen LogP) is 3.46. The predicted molar refractivity (Wildman–Crippen MR) is 65.3 cm³/mol. The van der Waals surface area contributed by atoms with Gasteiger partial charge in [0.15, 0.2) is 0 Å². The van der Waals surface area contributed by atoms with Crippen molar-refractivity contribution in [2.45, 2.75) is 33.1 Å². The van der Waals surface area contributed by atoms with Crippen molar-refractivity contribution >= 4 is 5.57 Å². The molecule has 0 aliphatic carbocycles. The van der Waals surface area contributed by atoms with Gasteiger partial charge in [-0.05, 0) is 30.5 Å². The lowest BCUT2D eigenvalue weighted by Gasteiger charge is -2.07. The molecule has 1 heterocycles. The van der Waals surface area contributed by atoms with Gasteiger partial charge < -0.3 is 0 Å². The van der Waals surface area contributed by atoms with Crippen molar-refractivity contribution < 1.29 is 0 Å². The zero-order valence-electron chi connectivity index (χ0n) is 9.46. The van der Waals surface area contributed by atoms with Gasteiger partial charge in [0.1, 0.15) is 0 Å². The highest BCUT2D eigenvalue weighted by molar-refractivity contribution is 5.65. The molecule has 0 saturated heterocycles. The lowest BCUT2D eigenvalue weighted by Crippen LogP contribution is -1.95. The van der Waals surface area contributed by atoms with Crippen LogP contribution in [0.15, 0.2) is 24.4 Å². The lowest BCUT2D eigenvalue weighted by atomic mass is 10.0. The van der Waals surface area contributed by atoms with Crippen molar-refractivity contribution in [2.75, 3.05) is 0 Å². The normalized spacial score (nSPS) is 11.1. The van der Waals surface area contributed by atoms with Crippen LogP contribution in [0.5, 0.6) is 0 Å². The number of aromatic nitrogens is 1. The van der Waals surface area contributed by atoms with Crippen molar-refractivity contribution in [3.05, 3.63) is 35.7 Å². The molecule has 0 N–H and O–H groups in total. The zero-order valence-corrected chi connectivity index (χ0v) is 9.46. The van der Waals surface area contributed by atoms with Crippen LogP contribution in [0, 0.1) is 12.3 Å². The molecule has 1 rings (SSSR count). The molecule has 0 saturated carbocycles. The van der Waals surface area contributed by atoms with Gasteiger partial charge in [0.25, 0.3) is 0 Å². The van der Waals surface area contributed by atoms with Gasteiger partial charge in [-0.15, -0.1) is 12.3 Å². The molecule has 1 aromatic heterocycles. The summed E-state index contributed by atoms with van der Waals surface area (Å²) in [6.45, 7) is 4.26. The molecule has 1 aromatic rings. The number of aryl methyl sites for hydroxylation is 1. The second-order valence-electron chi connectivity index (χ2n) is 3.50. The minimum atomic E-state index is 0.753. The topological polar surface area (TPSA) is 12.9 Å². The summed E-state index contributed by atoms with van der Waals surface area (Å²) in [5, 5.41) is 0. The first-order valence-corrected chi connectivity index (χ1v) is 5.34. The molecule has 78 valence electrons. The van der Waals surface area contributed by atoms with Crippen LogP contribution in [0.3, 0.4) is 0 Å². The minimum absolute atomic E-state index is 0.753. The zero-order chi connectivity index (χ0) is 11.1. The molecular weight excluding hydrogens is 182 g/mol. The van der Waals surface area contributed by atoms with Gasteiger partial charge in [0.2, 0.25) is 0 Å². The molecule has 0 fully saturated rings. The molecule has 15 heavy (non-hydrogen) atoms. The third-order valence-corrected chi connectivity index (χ3v) is 2.33. The van der Waals surface area contributed by atoms with E-state index in [-0.39, 0.29) is 0 Å². The van der Waals surface area contributed by atoms with Gasteiger partial charge in [-0.1, -0.05) is 19.1 Å². The van der Waals surface area contributed by atoms with E-state index in [1.807, 2.05) is 12.3 Å². The maximum atomic E-state index is 5.27. The summed E-state index contributed by atoms with van der Waals surface area (Å²) < 4.78 is 0. The van der Waals surface area contributed by atoms with Crippen molar-refractivity contribution in [3.63, 3.8) is 0 Å². The maximum Gasteiger partial charge on any atom is 0.0487 e. The highest BCUT2D eigenvalue weighted by atomic mass is 14.7. The van der Waals surface area contributed by atoms with E-state index in [4.69, 9.17) is 6.42 Å². The van der Waals surface area contributed by atoms with E-state index in [9.17, 15) is 0 Å².